The van der Waals surface area contributed by atoms with Gasteiger partial charge in [-0.05, 0) is 0 Å². The van der Waals surface area contributed by atoms with Crippen molar-refractivity contribution in [3.8, 4) is 0 Å². The van der Waals surface area contributed by atoms with Gasteiger partial charge in [0.25, 0.3) is 0 Å². The van der Waals surface area contributed by atoms with Crippen molar-refractivity contribution in [2.24, 2.45) is 0 Å². The normalized spacial score (nSPS) is 9.80. The predicted molar refractivity (Wildman–Crippen MR) is 39.6 cm³/mol. The van der Waals surface area contributed by atoms with Crippen LogP contribution in [0.5, 0.6) is 0 Å². The Kier molecular flexibility index (Phi) is 4.24. The third-order valence-corrected chi connectivity index (χ3v) is 1.46. The minimum absolute atomic E-state index is 0. The van der Waals surface area contributed by atoms with Crippen LogP contribution in [0.25, 0.3) is 0 Å². The van der Waals surface area contributed by atoms with Gasteiger partial charge in [-0.15, -0.1) is 0 Å². The first kappa shape index (κ1) is 13.9. The fourth-order valence-electron chi connectivity index (χ4n) is 0.813. The molecule has 15 heavy (non-hydrogen) atoms. The molecule has 0 aliphatic rings. The molecule has 0 saturated heterocycles. The van der Waals surface area contributed by atoms with E-state index in [4.69, 9.17) is 0 Å². The number of hydrogen-bond donors (Lipinski definition) is 0. The number of rotatable bonds is 1. The molecule has 0 aliphatic carbocycles. The molecule has 0 aliphatic heterocycles. The Hall–Kier alpha value is -1.14. The van der Waals surface area contributed by atoms with E-state index < -0.39 is 41.8 Å². The van der Waals surface area contributed by atoms with E-state index in [1.165, 1.54) is 0 Å². The van der Waals surface area contributed by atoms with Gasteiger partial charge < -0.3 is 0 Å². The van der Waals surface area contributed by atoms with Crippen LogP contribution in [0.15, 0.2) is 0 Å². The van der Waals surface area contributed by atoms with E-state index in [1.807, 2.05) is 0 Å². The lowest BCUT2D eigenvalue weighted by Crippen LogP contribution is -2.31. The molecule has 9 heteroatoms. The number of benzene rings is 1. The fraction of sp³-hybridized carbons (Fsp3) is 0. The van der Waals surface area contributed by atoms with Gasteiger partial charge in [0.05, 0.1) is 5.46 Å². The zero-order chi connectivity index (χ0) is 11.0. The van der Waals surface area contributed by atoms with Crippen LogP contribution < -0.4 is 5.46 Å². The second kappa shape index (κ2) is 4.59. The average Bonchev–Trinajstić information content (AvgIpc) is 2.11. The molecule has 1 aromatic rings. The molecule has 0 spiro atoms. The Labute approximate surface area is 81.8 Å². The van der Waals surface area contributed by atoms with E-state index in [2.05, 4.69) is 0 Å². The zero-order valence-electron chi connectivity index (χ0n) is 6.80. The van der Waals surface area contributed by atoms with E-state index in [9.17, 15) is 30.6 Å². The van der Waals surface area contributed by atoms with Crippen LogP contribution in [-0.2, 0) is 0 Å². The van der Waals surface area contributed by atoms with Crippen LogP contribution in [0, 0.1) is 29.1 Å². The van der Waals surface area contributed by atoms with Crippen LogP contribution in [0.3, 0.4) is 0 Å². The number of hydrogen-bond acceptors (Lipinski definition) is 0. The SMILES string of the molecule is FB(F)c1c(F)c(F)c(F)c(F)c1F.[B]. The first-order chi connectivity index (χ1) is 6.37. The van der Waals surface area contributed by atoms with Gasteiger partial charge in [0, 0.05) is 8.41 Å². The molecular formula is C6B2F7. The van der Waals surface area contributed by atoms with Crippen LogP contribution in [-0.4, -0.2) is 15.7 Å². The summed E-state index contributed by atoms with van der Waals surface area (Å²) in [6, 6.07) is 0. The minimum atomic E-state index is -3.76. The number of halogens is 7. The van der Waals surface area contributed by atoms with E-state index in [1.54, 1.807) is 0 Å². The van der Waals surface area contributed by atoms with Gasteiger partial charge in [-0.2, -0.15) is 0 Å². The predicted octanol–water partition coefficient (Wildman–Crippen LogP) is 1.64. The van der Waals surface area contributed by atoms with E-state index in [0.29, 0.717) is 0 Å². The van der Waals surface area contributed by atoms with Gasteiger partial charge >= 0.3 is 7.27 Å². The molecule has 0 aromatic heterocycles. The molecule has 0 heterocycles. The summed E-state index contributed by atoms with van der Waals surface area (Å²) in [5, 5.41) is 0. The summed E-state index contributed by atoms with van der Waals surface area (Å²) < 4.78 is 85.4. The largest absolute Gasteiger partial charge is 0.578 e. The van der Waals surface area contributed by atoms with Crippen molar-refractivity contribution < 1.29 is 30.6 Å². The third-order valence-electron chi connectivity index (χ3n) is 1.46. The van der Waals surface area contributed by atoms with Gasteiger partial charge in [-0.3, -0.25) is 8.63 Å². The van der Waals surface area contributed by atoms with Crippen molar-refractivity contribution in [1.82, 2.24) is 0 Å². The highest BCUT2D eigenvalue weighted by molar-refractivity contribution is 6.60. The van der Waals surface area contributed by atoms with Gasteiger partial charge in [0.1, 0.15) is 0 Å². The summed E-state index contributed by atoms with van der Waals surface area (Å²) in [6.07, 6.45) is 0. The Morgan fingerprint density at radius 1 is 0.600 bits per heavy atom. The highest BCUT2D eigenvalue weighted by Gasteiger charge is 2.33. The molecule has 0 unspecified atom stereocenters. The second-order valence-electron chi connectivity index (χ2n) is 2.28. The van der Waals surface area contributed by atoms with Crippen molar-refractivity contribution >= 4 is 21.1 Å². The van der Waals surface area contributed by atoms with Crippen molar-refractivity contribution in [3.05, 3.63) is 29.1 Å². The van der Waals surface area contributed by atoms with E-state index in [-0.39, 0.29) is 8.41 Å². The smallest absolute Gasteiger partial charge is 0.281 e. The van der Waals surface area contributed by atoms with Gasteiger partial charge in [-0.1, -0.05) is 0 Å². The van der Waals surface area contributed by atoms with E-state index in [0.717, 1.165) is 0 Å². The summed E-state index contributed by atoms with van der Waals surface area (Å²) in [5.41, 5.74) is -2.11. The summed E-state index contributed by atoms with van der Waals surface area (Å²) in [4.78, 5) is 0. The van der Waals surface area contributed by atoms with Crippen LogP contribution in [0.2, 0.25) is 0 Å². The van der Waals surface area contributed by atoms with E-state index >= 15 is 0 Å². The first-order valence-electron chi connectivity index (χ1n) is 3.17. The van der Waals surface area contributed by atoms with Crippen LogP contribution in [0.1, 0.15) is 0 Å². The van der Waals surface area contributed by atoms with Gasteiger partial charge in [-0.25, -0.2) is 22.0 Å². The van der Waals surface area contributed by atoms with Crippen molar-refractivity contribution in [3.63, 3.8) is 0 Å². The standard InChI is InChI=1S/C6BF7.B/c8-2-1(7(13)14)3(9)5(11)6(12)4(2)10;. The molecule has 3 radical (unpaired) electrons. The van der Waals surface area contributed by atoms with Crippen LogP contribution >= 0.6 is 0 Å². The lowest BCUT2D eigenvalue weighted by Gasteiger charge is -2.04. The Balaban J connectivity index is 0.00000196. The second-order valence-corrected chi connectivity index (χ2v) is 2.28. The lowest BCUT2D eigenvalue weighted by atomic mass is 9.84. The Morgan fingerprint density at radius 3 is 1.13 bits per heavy atom. The lowest BCUT2D eigenvalue weighted by molar-refractivity contribution is 0.382. The topological polar surface area (TPSA) is 0 Å². The first-order valence-corrected chi connectivity index (χ1v) is 3.17. The molecule has 0 bridgehead atoms. The monoisotopic (exact) mass is 227 g/mol. The molecule has 79 valence electrons. The highest BCUT2D eigenvalue weighted by Crippen LogP contribution is 2.17. The molecule has 0 atom stereocenters. The van der Waals surface area contributed by atoms with Crippen LogP contribution in [0.4, 0.5) is 30.6 Å². The molecule has 0 saturated carbocycles. The minimum Gasteiger partial charge on any atom is -0.281 e. The highest BCUT2D eigenvalue weighted by atomic mass is 19.2. The summed E-state index contributed by atoms with van der Waals surface area (Å²) in [7, 11) is -3.76. The molecule has 0 nitrogen and oxygen atoms in total. The maximum atomic E-state index is 12.5. The van der Waals surface area contributed by atoms with Crippen molar-refractivity contribution in [1.29, 1.82) is 0 Å². The zero-order valence-corrected chi connectivity index (χ0v) is 6.80. The molecule has 1 aromatic carbocycles. The summed E-state index contributed by atoms with van der Waals surface area (Å²) in [6.45, 7) is 0. The quantitative estimate of drug-likeness (QED) is 0.296. The third kappa shape index (κ3) is 2.10. The van der Waals surface area contributed by atoms with Gasteiger partial charge in [0.15, 0.2) is 29.1 Å². The van der Waals surface area contributed by atoms with Gasteiger partial charge in [0.2, 0.25) is 0 Å². The molecule has 0 N–H and O–H groups in total. The molecule has 1 rings (SSSR count). The summed E-state index contributed by atoms with van der Waals surface area (Å²) in [5.74, 6) is -12.2. The maximum absolute atomic E-state index is 12.5. The van der Waals surface area contributed by atoms with Crippen molar-refractivity contribution in [2.75, 3.05) is 0 Å². The Morgan fingerprint density at radius 2 is 0.867 bits per heavy atom. The van der Waals surface area contributed by atoms with Crippen molar-refractivity contribution in [2.45, 2.75) is 0 Å². The summed E-state index contributed by atoms with van der Waals surface area (Å²) >= 11 is 0. The molecule has 0 fully saturated rings. The molecular weight excluding hydrogens is 227 g/mol. The maximum Gasteiger partial charge on any atom is 0.578 e. The fourth-order valence-corrected chi connectivity index (χ4v) is 0.813. The Bertz CT molecular complexity index is 349. The molecule has 0 amide bonds. The average molecular weight is 227 g/mol.